The standard InChI is InChI=1S/C14H17FN4O2S/c1-22(21)13-5-4-11(10-12(13)15)18-14(20)16-6-2-8-19-9-3-7-17-19/h3-5,7,9-10H,2,6,8H2,1H3,(H2,16,18,20). The van der Waals surface area contributed by atoms with Gasteiger partial charge in [-0.1, -0.05) is 0 Å². The highest BCUT2D eigenvalue weighted by molar-refractivity contribution is 7.84. The van der Waals surface area contributed by atoms with Gasteiger partial charge >= 0.3 is 6.03 Å². The highest BCUT2D eigenvalue weighted by Gasteiger charge is 2.08. The van der Waals surface area contributed by atoms with Gasteiger partial charge in [-0.25, -0.2) is 9.18 Å². The number of carbonyl (C=O) groups is 1. The SMILES string of the molecule is CS(=O)c1ccc(NC(=O)NCCCn2cccn2)cc1F. The van der Waals surface area contributed by atoms with Gasteiger partial charge in [0.15, 0.2) is 0 Å². The fourth-order valence-corrected chi connectivity index (χ4v) is 2.46. The van der Waals surface area contributed by atoms with Crippen molar-refractivity contribution < 1.29 is 13.4 Å². The fourth-order valence-electron chi connectivity index (χ4n) is 1.86. The molecule has 2 amide bonds. The number of rotatable bonds is 6. The van der Waals surface area contributed by atoms with Crippen LogP contribution in [0.4, 0.5) is 14.9 Å². The minimum atomic E-state index is -1.39. The third-order valence-electron chi connectivity index (χ3n) is 2.91. The van der Waals surface area contributed by atoms with Crippen LogP contribution < -0.4 is 10.6 Å². The number of hydrogen-bond acceptors (Lipinski definition) is 3. The van der Waals surface area contributed by atoms with Gasteiger partial charge in [0.1, 0.15) is 5.82 Å². The van der Waals surface area contributed by atoms with Crippen molar-refractivity contribution in [2.45, 2.75) is 17.9 Å². The largest absolute Gasteiger partial charge is 0.338 e. The molecular formula is C14H17FN4O2S. The number of anilines is 1. The van der Waals surface area contributed by atoms with Crippen LogP contribution in [-0.2, 0) is 17.3 Å². The second-order valence-corrected chi connectivity index (χ2v) is 5.95. The smallest absolute Gasteiger partial charge is 0.319 e. The summed E-state index contributed by atoms with van der Waals surface area (Å²) in [6.45, 7) is 1.18. The molecular weight excluding hydrogens is 307 g/mol. The van der Waals surface area contributed by atoms with Crippen molar-refractivity contribution in [3.8, 4) is 0 Å². The van der Waals surface area contributed by atoms with Crippen molar-refractivity contribution in [1.29, 1.82) is 0 Å². The first-order valence-corrected chi connectivity index (χ1v) is 8.27. The maximum atomic E-state index is 13.6. The highest BCUT2D eigenvalue weighted by atomic mass is 32.2. The highest BCUT2D eigenvalue weighted by Crippen LogP contribution is 2.16. The van der Waals surface area contributed by atoms with Crippen molar-refractivity contribution in [2.24, 2.45) is 0 Å². The van der Waals surface area contributed by atoms with E-state index in [2.05, 4.69) is 15.7 Å². The monoisotopic (exact) mass is 324 g/mol. The van der Waals surface area contributed by atoms with E-state index in [9.17, 15) is 13.4 Å². The Kier molecular flexibility index (Phi) is 5.65. The Labute approximate surface area is 130 Å². The maximum Gasteiger partial charge on any atom is 0.319 e. The zero-order valence-corrected chi connectivity index (χ0v) is 12.9. The van der Waals surface area contributed by atoms with Crippen LogP contribution >= 0.6 is 0 Å². The summed E-state index contributed by atoms with van der Waals surface area (Å²) in [5, 5.41) is 9.26. The minimum Gasteiger partial charge on any atom is -0.338 e. The summed E-state index contributed by atoms with van der Waals surface area (Å²) in [6, 6.07) is 5.49. The van der Waals surface area contributed by atoms with Gasteiger partial charge < -0.3 is 10.6 Å². The topological polar surface area (TPSA) is 76.0 Å². The number of hydrogen-bond donors (Lipinski definition) is 2. The predicted molar refractivity (Wildman–Crippen MR) is 82.6 cm³/mol. The van der Waals surface area contributed by atoms with Gasteiger partial charge in [-0.3, -0.25) is 8.89 Å². The Bertz CT molecular complexity index is 661. The number of nitrogens with one attached hydrogen (secondary N) is 2. The van der Waals surface area contributed by atoms with Gasteiger partial charge in [-0.05, 0) is 30.7 Å². The molecule has 8 heteroatoms. The molecule has 0 fully saturated rings. The summed E-state index contributed by atoms with van der Waals surface area (Å²) in [6.07, 6.45) is 5.68. The Morgan fingerprint density at radius 1 is 1.45 bits per heavy atom. The van der Waals surface area contributed by atoms with Crippen LogP contribution in [0.15, 0.2) is 41.6 Å². The molecule has 6 nitrogen and oxygen atoms in total. The Morgan fingerprint density at radius 3 is 2.91 bits per heavy atom. The number of aromatic nitrogens is 2. The van der Waals surface area contributed by atoms with E-state index < -0.39 is 22.6 Å². The van der Waals surface area contributed by atoms with Crippen molar-refractivity contribution in [2.75, 3.05) is 18.1 Å². The number of urea groups is 1. The maximum absolute atomic E-state index is 13.6. The number of benzene rings is 1. The molecule has 1 atom stereocenters. The van der Waals surface area contributed by atoms with E-state index in [0.29, 0.717) is 18.8 Å². The Hall–Kier alpha value is -2.22. The predicted octanol–water partition coefficient (Wildman–Crippen LogP) is 1.97. The zero-order valence-electron chi connectivity index (χ0n) is 12.1. The molecule has 0 aliphatic carbocycles. The number of carbonyl (C=O) groups excluding carboxylic acids is 1. The quantitative estimate of drug-likeness (QED) is 0.798. The fraction of sp³-hybridized carbons (Fsp3) is 0.286. The number of nitrogens with zero attached hydrogens (tertiary/aromatic N) is 2. The Balaban J connectivity index is 1.77. The van der Waals surface area contributed by atoms with Crippen LogP contribution in [0.2, 0.25) is 0 Å². The first-order valence-electron chi connectivity index (χ1n) is 6.71. The molecule has 2 rings (SSSR count). The molecule has 1 unspecified atom stereocenters. The van der Waals surface area contributed by atoms with Gasteiger partial charge in [0, 0.05) is 37.4 Å². The minimum absolute atomic E-state index is 0.116. The number of aryl methyl sites for hydroxylation is 1. The average molecular weight is 324 g/mol. The molecule has 0 saturated carbocycles. The molecule has 2 aromatic rings. The lowest BCUT2D eigenvalue weighted by molar-refractivity contribution is 0.251. The summed E-state index contributed by atoms with van der Waals surface area (Å²) in [5.41, 5.74) is 0.316. The molecule has 1 heterocycles. The number of halogens is 1. The van der Waals surface area contributed by atoms with Crippen molar-refractivity contribution in [3.63, 3.8) is 0 Å². The molecule has 0 bridgehead atoms. The van der Waals surface area contributed by atoms with Crippen molar-refractivity contribution in [3.05, 3.63) is 42.5 Å². The van der Waals surface area contributed by atoms with Gasteiger partial charge in [-0.2, -0.15) is 5.10 Å². The van der Waals surface area contributed by atoms with Crippen LogP contribution in [0, 0.1) is 5.82 Å². The lowest BCUT2D eigenvalue weighted by Gasteiger charge is -2.08. The zero-order chi connectivity index (χ0) is 15.9. The van der Waals surface area contributed by atoms with Crippen molar-refractivity contribution in [1.82, 2.24) is 15.1 Å². The molecule has 22 heavy (non-hydrogen) atoms. The molecule has 2 N–H and O–H groups in total. The normalized spacial score (nSPS) is 11.9. The number of amides is 2. The van der Waals surface area contributed by atoms with Crippen LogP contribution in [0.1, 0.15) is 6.42 Å². The molecule has 0 aliphatic rings. The molecule has 118 valence electrons. The van der Waals surface area contributed by atoms with Gasteiger partial charge in [0.25, 0.3) is 0 Å². The van der Waals surface area contributed by atoms with Crippen LogP contribution in [0.25, 0.3) is 0 Å². The lowest BCUT2D eigenvalue weighted by Crippen LogP contribution is -2.30. The van der Waals surface area contributed by atoms with Crippen LogP contribution in [0.5, 0.6) is 0 Å². The van der Waals surface area contributed by atoms with E-state index in [1.54, 1.807) is 10.9 Å². The molecule has 0 radical (unpaired) electrons. The average Bonchev–Trinajstić information content (AvgIpc) is 2.96. The molecule has 0 aliphatic heterocycles. The van der Waals surface area contributed by atoms with E-state index in [0.717, 1.165) is 12.5 Å². The summed E-state index contributed by atoms with van der Waals surface area (Å²) in [4.78, 5) is 11.8. The first kappa shape index (κ1) is 16.2. The second-order valence-electron chi connectivity index (χ2n) is 4.60. The van der Waals surface area contributed by atoms with Gasteiger partial charge in [0.2, 0.25) is 0 Å². The Morgan fingerprint density at radius 2 is 2.27 bits per heavy atom. The second kappa shape index (κ2) is 7.69. The van der Waals surface area contributed by atoms with E-state index in [4.69, 9.17) is 0 Å². The lowest BCUT2D eigenvalue weighted by atomic mass is 10.3. The van der Waals surface area contributed by atoms with E-state index in [-0.39, 0.29) is 4.90 Å². The summed E-state index contributed by atoms with van der Waals surface area (Å²) in [5.74, 6) is -0.600. The van der Waals surface area contributed by atoms with Crippen LogP contribution in [0.3, 0.4) is 0 Å². The van der Waals surface area contributed by atoms with Crippen LogP contribution in [-0.4, -0.2) is 32.8 Å². The van der Waals surface area contributed by atoms with Gasteiger partial charge in [-0.15, -0.1) is 0 Å². The first-order chi connectivity index (χ1) is 10.6. The van der Waals surface area contributed by atoms with E-state index in [1.165, 1.54) is 18.4 Å². The summed E-state index contributed by atoms with van der Waals surface area (Å²) >= 11 is 0. The third kappa shape index (κ3) is 4.66. The molecule has 0 spiro atoms. The van der Waals surface area contributed by atoms with Gasteiger partial charge in [0.05, 0.1) is 15.7 Å². The van der Waals surface area contributed by atoms with Crippen molar-refractivity contribution >= 4 is 22.5 Å². The third-order valence-corrected chi connectivity index (χ3v) is 3.86. The molecule has 0 saturated heterocycles. The van der Waals surface area contributed by atoms with E-state index in [1.807, 2.05) is 12.3 Å². The molecule has 1 aromatic heterocycles. The summed E-state index contributed by atoms with van der Waals surface area (Å²) in [7, 11) is -1.39. The molecule has 1 aromatic carbocycles. The summed E-state index contributed by atoms with van der Waals surface area (Å²) < 4.78 is 26.7. The van der Waals surface area contributed by atoms with E-state index >= 15 is 0 Å².